The van der Waals surface area contributed by atoms with E-state index in [9.17, 15) is 19.5 Å². The summed E-state index contributed by atoms with van der Waals surface area (Å²) < 4.78 is 4.95. The predicted molar refractivity (Wildman–Crippen MR) is 108 cm³/mol. The number of aliphatic hydroxyl groups is 1. The summed E-state index contributed by atoms with van der Waals surface area (Å²) in [6.45, 7) is -1.19. The van der Waals surface area contributed by atoms with Crippen LogP contribution in [-0.2, 0) is 14.3 Å². The summed E-state index contributed by atoms with van der Waals surface area (Å²) in [7, 11) is 0. The smallest absolute Gasteiger partial charge is 0.331 e. The van der Waals surface area contributed by atoms with Gasteiger partial charge in [0.05, 0.1) is 6.61 Å². The van der Waals surface area contributed by atoms with Crippen molar-refractivity contribution in [3.8, 4) is 0 Å². The number of amides is 2. The average Bonchev–Trinajstić information content (AvgIpc) is 2.76. The van der Waals surface area contributed by atoms with Gasteiger partial charge in [-0.05, 0) is 23.6 Å². The van der Waals surface area contributed by atoms with E-state index in [0.717, 1.165) is 10.8 Å². The molecule has 0 aliphatic heterocycles. The number of hydrogen-bond acceptors (Lipinski definition) is 5. The first kappa shape index (κ1) is 20.0. The van der Waals surface area contributed by atoms with E-state index in [-0.39, 0.29) is 0 Å². The standard InChI is InChI=1S/C22H20N2O5/c25-13-19(24-21(27)16-8-2-1-3-9-16)22(28)29-14-20(26)23-18-12-6-10-15-7-4-5-11-17(15)18/h1-12,19,25H,13-14H2,(H,23,26)(H,24,27). The van der Waals surface area contributed by atoms with E-state index in [1.165, 1.54) is 0 Å². The van der Waals surface area contributed by atoms with Crippen molar-refractivity contribution in [3.63, 3.8) is 0 Å². The van der Waals surface area contributed by atoms with Gasteiger partial charge in [-0.2, -0.15) is 0 Å². The minimum Gasteiger partial charge on any atom is -0.454 e. The predicted octanol–water partition coefficient (Wildman–Crippen LogP) is 2.11. The molecule has 29 heavy (non-hydrogen) atoms. The van der Waals surface area contributed by atoms with Crippen molar-refractivity contribution >= 4 is 34.2 Å². The molecule has 0 aromatic heterocycles. The second kappa shape index (κ2) is 9.48. The summed E-state index contributed by atoms with van der Waals surface area (Å²) in [5.41, 5.74) is 0.938. The quantitative estimate of drug-likeness (QED) is 0.534. The highest BCUT2D eigenvalue weighted by atomic mass is 16.5. The lowest BCUT2D eigenvalue weighted by molar-refractivity contribution is -0.150. The molecule has 148 valence electrons. The molecule has 7 nitrogen and oxygen atoms in total. The summed E-state index contributed by atoms with van der Waals surface area (Å²) in [6.07, 6.45) is 0. The zero-order valence-corrected chi connectivity index (χ0v) is 15.5. The number of anilines is 1. The first-order valence-corrected chi connectivity index (χ1v) is 8.99. The van der Waals surface area contributed by atoms with E-state index >= 15 is 0 Å². The summed E-state index contributed by atoms with van der Waals surface area (Å²) in [6, 6.07) is 20.0. The minimum absolute atomic E-state index is 0.340. The van der Waals surface area contributed by atoms with Crippen molar-refractivity contribution in [2.24, 2.45) is 0 Å². The Kier molecular flexibility index (Phi) is 6.55. The molecule has 0 spiro atoms. The molecule has 3 N–H and O–H groups in total. The van der Waals surface area contributed by atoms with Crippen LogP contribution in [0.15, 0.2) is 72.8 Å². The Labute approximate surface area is 167 Å². The Balaban J connectivity index is 1.55. The maximum Gasteiger partial charge on any atom is 0.331 e. The summed E-state index contributed by atoms with van der Waals surface area (Å²) in [5.74, 6) is -1.95. The summed E-state index contributed by atoms with van der Waals surface area (Å²) in [5, 5.41) is 16.3. The van der Waals surface area contributed by atoms with Gasteiger partial charge in [-0.1, -0.05) is 54.6 Å². The number of carbonyl (C=O) groups is 3. The first-order chi connectivity index (χ1) is 14.1. The Morgan fingerprint density at radius 1 is 0.897 bits per heavy atom. The summed E-state index contributed by atoms with van der Waals surface area (Å²) in [4.78, 5) is 36.4. The number of ether oxygens (including phenoxy) is 1. The fraction of sp³-hybridized carbons (Fsp3) is 0.136. The molecule has 2 amide bonds. The van der Waals surface area contributed by atoms with Gasteiger partial charge in [0, 0.05) is 16.6 Å². The molecule has 0 aliphatic carbocycles. The van der Waals surface area contributed by atoms with Crippen LogP contribution in [0.4, 0.5) is 5.69 Å². The van der Waals surface area contributed by atoms with Crippen molar-refractivity contribution in [3.05, 3.63) is 78.4 Å². The van der Waals surface area contributed by atoms with Crippen LogP contribution >= 0.6 is 0 Å². The molecule has 0 fully saturated rings. The Bertz CT molecular complexity index is 1010. The lowest BCUT2D eigenvalue weighted by Crippen LogP contribution is -2.45. The highest BCUT2D eigenvalue weighted by Crippen LogP contribution is 2.22. The van der Waals surface area contributed by atoms with Gasteiger partial charge < -0.3 is 20.5 Å². The molecule has 3 aromatic carbocycles. The number of aliphatic hydroxyl groups excluding tert-OH is 1. The number of nitrogens with one attached hydrogen (secondary N) is 2. The maximum atomic E-state index is 12.2. The SMILES string of the molecule is O=C(COC(=O)C(CO)NC(=O)c1ccccc1)Nc1cccc2ccccc12. The van der Waals surface area contributed by atoms with Crippen molar-refractivity contribution in [2.45, 2.75) is 6.04 Å². The molecule has 0 saturated carbocycles. The van der Waals surface area contributed by atoms with E-state index in [2.05, 4.69) is 10.6 Å². The van der Waals surface area contributed by atoms with Crippen molar-refractivity contribution in [2.75, 3.05) is 18.5 Å². The Hall–Kier alpha value is -3.71. The van der Waals surface area contributed by atoms with Crippen LogP contribution in [0, 0.1) is 0 Å². The zero-order valence-electron chi connectivity index (χ0n) is 15.5. The van der Waals surface area contributed by atoms with Crippen LogP contribution in [0.5, 0.6) is 0 Å². The van der Waals surface area contributed by atoms with Crippen LogP contribution in [0.25, 0.3) is 10.8 Å². The molecule has 0 radical (unpaired) electrons. The molecule has 0 heterocycles. The Morgan fingerprint density at radius 3 is 2.34 bits per heavy atom. The van der Waals surface area contributed by atoms with E-state index < -0.39 is 37.0 Å². The van der Waals surface area contributed by atoms with E-state index in [0.29, 0.717) is 11.3 Å². The molecular formula is C22H20N2O5. The average molecular weight is 392 g/mol. The van der Waals surface area contributed by atoms with Gasteiger partial charge in [0.25, 0.3) is 11.8 Å². The van der Waals surface area contributed by atoms with Gasteiger partial charge in [0.2, 0.25) is 0 Å². The number of benzene rings is 3. The van der Waals surface area contributed by atoms with E-state index in [1.807, 2.05) is 36.4 Å². The number of carbonyl (C=O) groups excluding carboxylic acids is 3. The number of fused-ring (bicyclic) bond motifs is 1. The van der Waals surface area contributed by atoms with E-state index in [4.69, 9.17) is 4.74 Å². The monoisotopic (exact) mass is 392 g/mol. The third kappa shape index (κ3) is 5.18. The van der Waals surface area contributed by atoms with Crippen LogP contribution in [0.2, 0.25) is 0 Å². The largest absolute Gasteiger partial charge is 0.454 e. The van der Waals surface area contributed by atoms with Gasteiger partial charge in [-0.25, -0.2) is 4.79 Å². The van der Waals surface area contributed by atoms with Crippen molar-refractivity contribution in [1.82, 2.24) is 5.32 Å². The zero-order chi connectivity index (χ0) is 20.6. The van der Waals surface area contributed by atoms with Crippen LogP contribution in [0.3, 0.4) is 0 Å². The molecule has 1 unspecified atom stereocenters. The van der Waals surface area contributed by atoms with Gasteiger partial charge in [-0.3, -0.25) is 9.59 Å². The molecule has 0 aliphatic rings. The second-order valence-electron chi connectivity index (χ2n) is 6.26. The third-order valence-electron chi connectivity index (χ3n) is 4.22. The van der Waals surface area contributed by atoms with Crippen LogP contribution < -0.4 is 10.6 Å². The number of hydrogen-bond donors (Lipinski definition) is 3. The van der Waals surface area contributed by atoms with Gasteiger partial charge in [0.15, 0.2) is 12.6 Å². The third-order valence-corrected chi connectivity index (χ3v) is 4.22. The molecular weight excluding hydrogens is 372 g/mol. The molecule has 3 rings (SSSR count). The van der Waals surface area contributed by atoms with Crippen LogP contribution in [-0.4, -0.2) is 42.1 Å². The molecule has 0 bridgehead atoms. The molecule has 0 saturated heterocycles. The highest BCUT2D eigenvalue weighted by molar-refractivity contribution is 6.03. The second-order valence-corrected chi connectivity index (χ2v) is 6.26. The first-order valence-electron chi connectivity index (χ1n) is 8.99. The summed E-state index contributed by atoms with van der Waals surface area (Å²) >= 11 is 0. The Morgan fingerprint density at radius 2 is 1.59 bits per heavy atom. The topological polar surface area (TPSA) is 105 Å². The maximum absolute atomic E-state index is 12.2. The highest BCUT2D eigenvalue weighted by Gasteiger charge is 2.23. The van der Waals surface area contributed by atoms with Crippen LogP contribution in [0.1, 0.15) is 10.4 Å². The van der Waals surface area contributed by atoms with E-state index in [1.54, 1.807) is 36.4 Å². The fourth-order valence-electron chi connectivity index (χ4n) is 2.77. The number of esters is 1. The molecule has 1 atom stereocenters. The minimum atomic E-state index is -1.27. The van der Waals surface area contributed by atoms with Crippen molar-refractivity contribution < 1.29 is 24.2 Å². The van der Waals surface area contributed by atoms with Gasteiger partial charge >= 0.3 is 5.97 Å². The number of rotatable bonds is 7. The fourth-order valence-corrected chi connectivity index (χ4v) is 2.77. The lowest BCUT2D eigenvalue weighted by atomic mass is 10.1. The normalized spacial score (nSPS) is 11.5. The van der Waals surface area contributed by atoms with Gasteiger partial charge in [0.1, 0.15) is 0 Å². The molecule has 7 heteroatoms. The lowest BCUT2D eigenvalue weighted by Gasteiger charge is -2.15. The van der Waals surface area contributed by atoms with Gasteiger partial charge in [-0.15, -0.1) is 0 Å². The molecule has 3 aromatic rings. The van der Waals surface area contributed by atoms with Crippen molar-refractivity contribution in [1.29, 1.82) is 0 Å².